The first-order chi connectivity index (χ1) is 16.3. The van der Waals surface area contributed by atoms with Crippen molar-refractivity contribution in [2.24, 2.45) is 0 Å². The van der Waals surface area contributed by atoms with Gasteiger partial charge in [-0.1, -0.05) is 0 Å². The van der Waals surface area contributed by atoms with Crippen molar-refractivity contribution in [1.82, 2.24) is 9.62 Å². The van der Waals surface area contributed by atoms with Crippen molar-refractivity contribution >= 4 is 33.6 Å². The van der Waals surface area contributed by atoms with Crippen molar-refractivity contribution in [1.29, 1.82) is 0 Å². The molecule has 1 saturated heterocycles. The van der Waals surface area contributed by atoms with Crippen LogP contribution in [0.2, 0.25) is 0 Å². The molecular formula is C22H23N3O8S. The Morgan fingerprint density at radius 1 is 0.941 bits per heavy atom. The summed E-state index contributed by atoms with van der Waals surface area (Å²) in [6.45, 7) is 1.09. The van der Waals surface area contributed by atoms with E-state index in [1.165, 1.54) is 28.6 Å². The minimum Gasteiger partial charge on any atom is -0.486 e. The monoisotopic (exact) mass is 489 g/mol. The van der Waals surface area contributed by atoms with E-state index in [0.717, 1.165) is 12.8 Å². The van der Waals surface area contributed by atoms with Gasteiger partial charge in [-0.15, -0.1) is 0 Å². The Labute approximate surface area is 196 Å². The van der Waals surface area contributed by atoms with E-state index >= 15 is 0 Å². The van der Waals surface area contributed by atoms with Crippen LogP contribution < -0.4 is 20.1 Å². The van der Waals surface area contributed by atoms with Crippen LogP contribution in [-0.4, -0.2) is 63.5 Å². The van der Waals surface area contributed by atoms with E-state index < -0.39 is 34.5 Å². The number of ether oxygens (including phenoxy) is 3. The van der Waals surface area contributed by atoms with Gasteiger partial charge in [0.15, 0.2) is 18.1 Å². The summed E-state index contributed by atoms with van der Waals surface area (Å²) in [4.78, 5) is 36.3. The van der Waals surface area contributed by atoms with Crippen LogP contribution in [0.3, 0.4) is 0 Å². The third-order valence-electron chi connectivity index (χ3n) is 5.18. The zero-order valence-corrected chi connectivity index (χ0v) is 18.9. The molecule has 4 rings (SSSR count). The van der Waals surface area contributed by atoms with Gasteiger partial charge in [0.05, 0.1) is 10.5 Å². The molecule has 34 heavy (non-hydrogen) atoms. The van der Waals surface area contributed by atoms with Crippen molar-refractivity contribution in [3.05, 3.63) is 48.0 Å². The first-order valence-electron chi connectivity index (χ1n) is 10.6. The van der Waals surface area contributed by atoms with Crippen LogP contribution in [-0.2, 0) is 19.6 Å². The Kier molecular flexibility index (Phi) is 6.98. The Morgan fingerprint density at radius 3 is 2.32 bits per heavy atom. The van der Waals surface area contributed by atoms with E-state index in [9.17, 15) is 22.8 Å². The third-order valence-corrected chi connectivity index (χ3v) is 7.09. The van der Waals surface area contributed by atoms with Crippen LogP contribution in [0.4, 0.5) is 10.5 Å². The number of hydrogen-bond donors (Lipinski definition) is 2. The van der Waals surface area contributed by atoms with Gasteiger partial charge in [0.25, 0.3) is 5.91 Å². The van der Waals surface area contributed by atoms with Gasteiger partial charge >= 0.3 is 12.0 Å². The number of urea groups is 1. The summed E-state index contributed by atoms with van der Waals surface area (Å²) in [5, 5.41) is 4.53. The van der Waals surface area contributed by atoms with Crippen LogP contribution in [0.5, 0.6) is 11.5 Å². The fourth-order valence-corrected chi connectivity index (χ4v) is 5.02. The number of carbonyl (C=O) groups excluding carboxylic acids is 3. The van der Waals surface area contributed by atoms with Crippen molar-refractivity contribution in [3.63, 3.8) is 0 Å². The maximum absolute atomic E-state index is 12.5. The number of anilines is 1. The van der Waals surface area contributed by atoms with Crippen LogP contribution in [0.25, 0.3) is 0 Å². The smallest absolute Gasteiger partial charge is 0.338 e. The SMILES string of the molecule is O=C(COC(=O)c1ccc(S(=O)(=O)N2CCCC2)cc1)NC(=O)Nc1ccc2c(c1)OCCO2. The highest BCUT2D eigenvalue weighted by Crippen LogP contribution is 2.32. The molecule has 180 valence electrons. The van der Waals surface area contributed by atoms with Crippen LogP contribution in [0.15, 0.2) is 47.4 Å². The first kappa shape index (κ1) is 23.5. The van der Waals surface area contributed by atoms with Gasteiger partial charge in [0.2, 0.25) is 10.0 Å². The minimum atomic E-state index is -3.59. The topological polar surface area (TPSA) is 140 Å². The average Bonchev–Trinajstić information content (AvgIpc) is 3.38. The summed E-state index contributed by atoms with van der Waals surface area (Å²) in [5.41, 5.74) is 0.462. The fraction of sp³-hybridized carbons (Fsp3) is 0.318. The zero-order chi connectivity index (χ0) is 24.1. The Bertz CT molecular complexity index is 1190. The van der Waals surface area contributed by atoms with Gasteiger partial charge < -0.3 is 19.5 Å². The molecule has 2 aliphatic rings. The minimum absolute atomic E-state index is 0.0777. The summed E-state index contributed by atoms with van der Waals surface area (Å²) in [6.07, 6.45) is 1.64. The predicted octanol–water partition coefficient (Wildman–Crippen LogP) is 1.75. The quantitative estimate of drug-likeness (QED) is 0.585. The standard InChI is InChI=1S/C22H23N3O8S/c26-20(24-22(28)23-16-5-8-18-19(13-16)32-12-11-31-18)14-33-21(27)15-3-6-17(7-4-15)34(29,30)25-9-1-2-10-25/h3-8,13H,1-2,9-12,14H2,(H2,23,24,26,28). The number of sulfonamides is 1. The maximum atomic E-state index is 12.5. The summed E-state index contributed by atoms with van der Waals surface area (Å²) in [7, 11) is -3.59. The van der Waals surface area contributed by atoms with E-state index in [4.69, 9.17) is 14.2 Å². The second-order valence-electron chi connectivity index (χ2n) is 7.57. The van der Waals surface area contributed by atoms with E-state index in [-0.39, 0.29) is 10.5 Å². The predicted molar refractivity (Wildman–Crippen MR) is 119 cm³/mol. The van der Waals surface area contributed by atoms with Crippen LogP contribution >= 0.6 is 0 Å². The summed E-state index contributed by atoms with van der Waals surface area (Å²) in [5.74, 6) is -0.630. The van der Waals surface area contributed by atoms with Gasteiger partial charge in [-0.25, -0.2) is 18.0 Å². The van der Waals surface area contributed by atoms with Crippen molar-refractivity contribution < 1.29 is 37.0 Å². The number of benzene rings is 2. The molecule has 0 bridgehead atoms. The number of fused-ring (bicyclic) bond motifs is 1. The second-order valence-corrected chi connectivity index (χ2v) is 9.51. The normalized spacial score (nSPS) is 15.4. The van der Waals surface area contributed by atoms with Gasteiger partial charge in [0, 0.05) is 24.8 Å². The lowest BCUT2D eigenvalue weighted by molar-refractivity contribution is -0.123. The number of nitrogens with zero attached hydrogens (tertiary/aromatic N) is 1. The molecule has 0 atom stereocenters. The highest BCUT2D eigenvalue weighted by atomic mass is 32.2. The molecule has 2 N–H and O–H groups in total. The van der Waals surface area contributed by atoms with E-state index in [0.29, 0.717) is 43.5 Å². The highest BCUT2D eigenvalue weighted by molar-refractivity contribution is 7.89. The molecular weight excluding hydrogens is 466 g/mol. The lowest BCUT2D eigenvalue weighted by Crippen LogP contribution is -2.37. The number of nitrogens with one attached hydrogen (secondary N) is 2. The molecule has 0 radical (unpaired) electrons. The summed E-state index contributed by atoms with van der Waals surface area (Å²) >= 11 is 0. The van der Waals surface area contributed by atoms with Crippen LogP contribution in [0, 0.1) is 0 Å². The molecule has 2 aliphatic heterocycles. The highest BCUT2D eigenvalue weighted by Gasteiger charge is 2.27. The van der Waals surface area contributed by atoms with E-state index in [1.54, 1.807) is 18.2 Å². The Hall–Kier alpha value is -3.64. The Morgan fingerprint density at radius 2 is 1.62 bits per heavy atom. The summed E-state index contributed by atoms with van der Waals surface area (Å²) < 4.78 is 42.2. The molecule has 0 unspecified atom stereocenters. The molecule has 2 aromatic carbocycles. The molecule has 0 saturated carbocycles. The zero-order valence-electron chi connectivity index (χ0n) is 18.1. The molecule has 0 aromatic heterocycles. The van der Waals surface area contributed by atoms with Gasteiger partial charge in [0.1, 0.15) is 13.2 Å². The number of esters is 1. The molecule has 12 heteroatoms. The molecule has 3 amide bonds. The lowest BCUT2D eigenvalue weighted by Gasteiger charge is -2.19. The van der Waals surface area contributed by atoms with Gasteiger partial charge in [-0.3, -0.25) is 10.1 Å². The molecule has 0 aliphatic carbocycles. The van der Waals surface area contributed by atoms with Crippen LogP contribution in [0.1, 0.15) is 23.2 Å². The second kappa shape index (κ2) is 10.1. The van der Waals surface area contributed by atoms with Crippen molar-refractivity contribution in [2.75, 3.05) is 38.2 Å². The Balaban J connectivity index is 1.25. The van der Waals surface area contributed by atoms with Gasteiger partial charge in [-0.2, -0.15) is 4.31 Å². The lowest BCUT2D eigenvalue weighted by atomic mass is 10.2. The molecule has 1 fully saturated rings. The molecule has 2 aromatic rings. The van der Waals surface area contributed by atoms with Crippen molar-refractivity contribution in [3.8, 4) is 11.5 Å². The van der Waals surface area contributed by atoms with E-state index in [2.05, 4.69) is 10.6 Å². The number of rotatable bonds is 6. The third kappa shape index (κ3) is 5.46. The number of carbonyl (C=O) groups is 3. The van der Waals surface area contributed by atoms with E-state index in [1.807, 2.05) is 0 Å². The number of imide groups is 1. The summed E-state index contributed by atoms with van der Waals surface area (Å²) in [6, 6.07) is 9.26. The molecule has 11 nitrogen and oxygen atoms in total. The number of hydrogen-bond acceptors (Lipinski definition) is 8. The number of amides is 3. The fourth-order valence-electron chi connectivity index (χ4n) is 3.50. The maximum Gasteiger partial charge on any atom is 0.338 e. The van der Waals surface area contributed by atoms with Crippen molar-refractivity contribution in [2.45, 2.75) is 17.7 Å². The first-order valence-corrected chi connectivity index (χ1v) is 12.0. The largest absolute Gasteiger partial charge is 0.486 e. The molecule has 0 spiro atoms. The average molecular weight is 490 g/mol. The molecule has 2 heterocycles. The van der Waals surface area contributed by atoms with Gasteiger partial charge in [-0.05, 0) is 49.2 Å².